The van der Waals surface area contributed by atoms with E-state index in [1.54, 1.807) is 21.3 Å². The molecule has 0 radical (unpaired) electrons. The number of rotatable bonds is 8. The Labute approximate surface area is 126 Å². The summed E-state index contributed by atoms with van der Waals surface area (Å²) < 4.78 is 16.0. The van der Waals surface area contributed by atoms with Crippen LogP contribution in [0.25, 0.3) is 0 Å². The lowest BCUT2D eigenvalue weighted by molar-refractivity contribution is 0.322. The normalized spacial score (nSPS) is 13.1. The van der Waals surface area contributed by atoms with E-state index in [0.717, 1.165) is 12.0 Å². The van der Waals surface area contributed by atoms with Gasteiger partial charge in [-0.3, -0.25) is 0 Å². The van der Waals surface area contributed by atoms with Crippen molar-refractivity contribution in [2.75, 3.05) is 21.3 Å². The molecule has 0 heterocycles. The topological polar surface area (TPSA) is 63.5 Å². The van der Waals surface area contributed by atoms with Gasteiger partial charge in [-0.05, 0) is 31.0 Å². The van der Waals surface area contributed by atoms with Gasteiger partial charge in [0.2, 0.25) is 5.75 Å². The molecule has 0 bridgehead atoms. The molecule has 1 aromatic carbocycles. The quantitative estimate of drug-likeness (QED) is 0.798. The van der Waals surface area contributed by atoms with E-state index in [-0.39, 0.29) is 12.1 Å². The number of hydrogen-bond donors (Lipinski definition) is 1. The Kier molecular flexibility index (Phi) is 6.83. The molecule has 21 heavy (non-hydrogen) atoms. The Morgan fingerprint density at radius 3 is 2.10 bits per heavy atom. The van der Waals surface area contributed by atoms with Gasteiger partial charge >= 0.3 is 0 Å². The van der Waals surface area contributed by atoms with Gasteiger partial charge in [0, 0.05) is 12.1 Å². The predicted molar refractivity (Wildman–Crippen MR) is 82.0 cm³/mol. The summed E-state index contributed by atoms with van der Waals surface area (Å²) in [5.41, 5.74) is 1.03. The highest BCUT2D eigenvalue weighted by molar-refractivity contribution is 5.54. The fraction of sp³-hybridized carbons (Fsp3) is 0.562. The van der Waals surface area contributed by atoms with Crippen molar-refractivity contribution >= 4 is 0 Å². The van der Waals surface area contributed by atoms with Gasteiger partial charge < -0.3 is 19.5 Å². The minimum Gasteiger partial charge on any atom is -0.493 e. The van der Waals surface area contributed by atoms with Crippen LogP contribution in [0.3, 0.4) is 0 Å². The van der Waals surface area contributed by atoms with Crippen molar-refractivity contribution in [3.05, 3.63) is 17.7 Å². The first-order valence-electron chi connectivity index (χ1n) is 7.04. The Hall–Kier alpha value is -1.93. The van der Waals surface area contributed by atoms with E-state index >= 15 is 0 Å². The van der Waals surface area contributed by atoms with Gasteiger partial charge in [0.15, 0.2) is 11.5 Å². The number of hydrogen-bond acceptors (Lipinski definition) is 5. The van der Waals surface area contributed by atoms with Crippen LogP contribution in [0.1, 0.15) is 38.3 Å². The molecule has 0 saturated carbocycles. The van der Waals surface area contributed by atoms with E-state index in [9.17, 15) is 0 Å². The van der Waals surface area contributed by atoms with E-state index in [2.05, 4.69) is 25.2 Å². The molecule has 0 saturated heterocycles. The van der Waals surface area contributed by atoms with E-state index in [1.165, 1.54) is 0 Å². The molecule has 0 aliphatic carbocycles. The molecule has 2 unspecified atom stereocenters. The van der Waals surface area contributed by atoms with Crippen LogP contribution in [0.4, 0.5) is 0 Å². The molecule has 116 valence electrons. The van der Waals surface area contributed by atoms with E-state index < -0.39 is 0 Å². The minimum absolute atomic E-state index is 0.0806. The average molecular weight is 292 g/mol. The Bertz CT molecular complexity index is 472. The second-order valence-corrected chi connectivity index (χ2v) is 4.81. The monoisotopic (exact) mass is 292 g/mol. The summed E-state index contributed by atoms with van der Waals surface area (Å²) in [7, 11) is 4.79. The van der Waals surface area contributed by atoms with Crippen LogP contribution < -0.4 is 19.5 Å². The van der Waals surface area contributed by atoms with Gasteiger partial charge in [0.05, 0.1) is 33.8 Å². The number of methoxy groups -OCH3 is 3. The Balaban J connectivity index is 3.04. The molecular formula is C16H24N2O3. The highest BCUT2D eigenvalue weighted by Gasteiger charge is 2.18. The van der Waals surface area contributed by atoms with Crippen molar-refractivity contribution in [3.8, 4) is 23.3 Å². The summed E-state index contributed by atoms with van der Waals surface area (Å²) in [6.45, 7) is 4.12. The number of benzene rings is 1. The molecule has 1 rings (SSSR count). The molecule has 5 nitrogen and oxygen atoms in total. The lowest BCUT2D eigenvalue weighted by Crippen LogP contribution is -2.30. The summed E-state index contributed by atoms with van der Waals surface area (Å²) in [6.07, 6.45) is 1.40. The van der Waals surface area contributed by atoms with Crippen LogP contribution in [0.2, 0.25) is 0 Å². The highest BCUT2D eigenvalue weighted by Crippen LogP contribution is 2.39. The molecule has 1 N–H and O–H groups in total. The standard InChI is InChI=1S/C16H24N2O3/c1-6-13(7-8-17)18-11(2)12-9-14(19-3)16(21-5)15(10-12)20-4/h9-11,13,18H,6-7H2,1-5H3. The third-order valence-corrected chi connectivity index (χ3v) is 3.50. The van der Waals surface area contributed by atoms with Crippen LogP contribution in [0.15, 0.2) is 12.1 Å². The van der Waals surface area contributed by atoms with E-state index in [0.29, 0.717) is 23.7 Å². The number of nitrogens with one attached hydrogen (secondary N) is 1. The first kappa shape index (κ1) is 17.1. The SMILES string of the molecule is CCC(CC#N)NC(C)c1cc(OC)c(OC)c(OC)c1. The zero-order valence-corrected chi connectivity index (χ0v) is 13.4. The smallest absolute Gasteiger partial charge is 0.203 e. The molecule has 0 aromatic heterocycles. The first-order valence-corrected chi connectivity index (χ1v) is 7.04. The van der Waals surface area contributed by atoms with Crippen molar-refractivity contribution in [1.29, 1.82) is 5.26 Å². The molecule has 1 aromatic rings. The molecular weight excluding hydrogens is 268 g/mol. The maximum atomic E-state index is 8.84. The molecule has 0 amide bonds. The number of nitriles is 1. The van der Waals surface area contributed by atoms with Crippen molar-refractivity contribution in [2.45, 2.75) is 38.8 Å². The molecule has 0 aliphatic heterocycles. The average Bonchev–Trinajstić information content (AvgIpc) is 2.52. The van der Waals surface area contributed by atoms with Gasteiger partial charge in [0.1, 0.15) is 0 Å². The van der Waals surface area contributed by atoms with Crippen LogP contribution >= 0.6 is 0 Å². The summed E-state index contributed by atoms with van der Waals surface area (Å²) in [5.74, 6) is 1.85. The van der Waals surface area contributed by atoms with Gasteiger partial charge in [-0.1, -0.05) is 6.92 Å². The number of nitrogens with zero attached hydrogens (tertiary/aromatic N) is 1. The van der Waals surface area contributed by atoms with E-state index in [1.807, 2.05) is 12.1 Å². The highest BCUT2D eigenvalue weighted by atomic mass is 16.5. The number of ether oxygens (including phenoxy) is 3. The summed E-state index contributed by atoms with van der Waals surface area (Å²) in [4.78, 5) is 0. The van der Waals surface area contributed by atoms with Crippen LogP contribution in [0, 0.1) is 11.3 Å². The van der Waals surface area contributed by atoms with Crippen LogP contribution in [-0.4, -0.2) is 27.4 Å². The van der Waals surface area contributed by atoms with Crippen molar-refractivity contribution < 1.29 is 14.2 Å². The van der Waals surface area contributed by atoms with Gasteiger partial charge in [-0.15, -0.1) is 0 Å². The van der Waals surface area contributed by atoms with Gasteiger partial charge in [-0.25, -0.2) is 0 Å². The second kappa shape index (κ2) is 8.38. The molecule has 0 aliphatic rings. The summed E-state index contributed by atoms with van der Waals surface area (Å²) in [5, 5.41) is 12.3. The fourth-order valence-electron chi connectivity index (χ4n) is 2.23. The molecule has 5 heteroatoms. The zero-order valence-electron chi connectivity index (χ0n) is 13.4. The Morgan fingerprint density at radius 2 is 1.71 bits per heavy atom. The van der Waals surface area contributed by atoms with Crippen LogP contribution in [-0.2, 0) is 0 Å². The zero-order chi connectivity index (χ0) is 15.8. The first-order chi connectivity index (χ1) is 10.1. The lowest BCUT2D eigenvalue weighted by Gasteiger charge is -2.22. The largest absolute Gasteiger partial charge is 0.493 e. The van der Waals surface area contributed by atoms with Gasteiger partial charge in [0.25, 0.3) is 0 Å². The van der Waals surface area contributed by atoms with Gasteiger partial charge in [-0.2, -0.15) is 5.26 Å². The predicted octanol–water partition coefficient (Wildman–Crippen LogP) is 3.06. The third-order valence-electron chi connectivity index (χ3n) is 3.50. The minimum atomic E-state index is 0.0806. The van der Waals surface area contributed by atoms with Crippen molar-refractivity contribution in [3.63, 3.8) is 0 Å². The van der Waals surface area contributed by atoms with Crippen LogP contribution in [0.5, 0.6) is 17.2 Å². The fourth-order valence-corrected chi connectivity index (χ4v) is 2.23. The molecule has 0 spiro atoms. The lowest BCUT2D eigenvalue weighted by atomic mass is 10.0. The van der Waals surface area contributed by atoms with Crippen molar-refractivity contribution in [1.82, 2.24) is 5.32 Å². The molecule has 0 fully saturated rings. The Morgan fingerprint density at radius 1 is 1.14 bits per heavy atom. The third kappa shape index (κ3) is 4.27. The maximum Gasteiger partial charge on any atom is 0.203 e. The second-order valence-electron chi connectivity index (χ2n) is 4.81. The maximum absolute atomic E-state index is 8.84. The summed E-state index contributed by atoms with van der Waals surface area (Å²) >= 11 is 0. The molecule has 2 atom stereocenters. The van der Waals surface area contributed by atoms with Crippen molar-refractivity contribution in [2.24, 2.45) is 0 Å². The summed E-state index contributed by atoms with van der Waals surface area (Å²) in [6, 6.07) is 6.32. The van der Waals surface area contributed by atoms with E-state index in [4.69, 9.17) is 19.5 Å².